The summed E-state index contributed by atoms with van der Waals surface area (Å²) in [5, 5.41) is 15.2. The van der Waals surface area contributed by atoms with E-state index in [-0.39, 0.29) is 17.9 Å². The molecular weight excluding hydrogens is 250 g/mol. The van der Waals surface area contributed by atoms with Crippen LogP contribution in [0.2, 0.25) is 5.02 Å². The molecule has 5 heteroatoms. The van der Waals surface area contributed by atoms with Crippen LogP contribution in [0.25, 0.3) is 0 Å². The van der Waals surface area contributed by atoms with Crippen LogP contribution in [0.3, 0.4) is 0 Å². The quantitative estimate of drug-likeness (QED) is 0.859. The largest absolute Gasteiger partial charge is 0.326 e. The van der Waals surface area contributed by atoms with E-state index in [4.69, 9.17) is 16.9 Å². The topological polar surface area (TPSA) is 64.9 Å². The average Bonchev–Trinajstić information content (AvgIpc) is 2.76. The van der Waals surface area contributed by atoms with Gasteiger partial charge in [0.05, 0.1) is 16.5 Å². The van der Waals surface area contributed by atoms with Gasteiger partial charge in [-0.2, -0.15) is 5.26 Å². The summed E-state index contributed by atoms with van der Waals surface area (Å²) in [6.07, 6.45) is 0.844. The molecule has 0 aromatic heterocycles. The number of halogens is 1. The predicted octanol–water partition coefficient (Wildman–Crippen LogP) is 2.15. The van der Waals surface area contributed by atoms with E-state index in [0.29, 0.717) is 16.3 Å². The number of amides is 1. The maximum absolute atomic E-state index is 12.0. The number of hydrogen-bond donors (Lipinski definition) is 2. The third kappa shape index (κ3) is 2.63. The van der Waals surface area contributed by atoms with Crippen molar-refractivity contribution in [1.29, 1.82) is 5.26 Å². The van der Waals surface area contributed by atoms with Gasteiger partial charge in [-0.25, -0.2) is 0 Å². The van der Waals surface area contributed by atoms with Gasteiger partial charge in [0.2, 0.25) is 5.91 Å². The molecule has 1 aliphatic rings. The molecular formula is C13H14ClN3O. The highest BCUT2D eigenvalue weighted by atomic mass is 35.5. The van der Waals surface area contributed by atoms with Crippen LogP contribution in [-0.2, 0) is 4.79 Å². The smallest absolute Gasteiger partial charge is 0.229 e. The van der Waals surface area contributed by atoms with Crippen LogP contribution in [0.4, 0.5) is 5.69 Å². The molecule has 1 aromatic carbocycles. The molecule has 4 nitrogen and oxygen atoms in total. The van der Waals surface area contributed by atoms with Crippen molar-refractivity contribution in [3.8, 4) is 6.07 Å². The van der Waals surface area contributed by atoms with Crippen molar-refractivity contribution in [2.24, 2.45) is 5.92 Å². The Morgan fingerprint density at radius 3 is 2.94 bits per heavy atom. The molecule has 0 aliphatic carbocycles. The third-order valence-corrected chi connectivity index (χ3v) is 3.53. The minimum atomic E-state index is -0.0144. The summed E-state index contributed by atoms with van der Waals surface area (Å²) in [4.78, 5) is 12.0. The fourth-order valence-corrected chi connectivity index (χ4v) is 2.36. The summed E-state index contributed by atoms with van der Waals surface area (Å²) in [5.74, 6) is -0.0207. The summed E-state index contributed by atoms with van der Waals surface area (Å²) in [6.45, 7) is 2.87. The molecule has 1 aromatic rings. The molecule has 0 bridgehead atoms. The highest BCUT2D eigenvalue weighted by Gasteiger charge is 2.29. The fourth-order valence-electron chi connectivity index (χ4n) is 2.14. The standard InChI is InChI=1S/C13H14ClN3O/c1-8-11(4-5-16-8)13(18)17-10-3-2-9(7-15)12(14)6-10/h2-3,6,8,11,16H,4-5H2,1H3,(H,17,18). The van der Waals surface area contributed by atoms with E-state index in [1.54, 1.807) is 18.2 Å². The van der Waals surface area contributed by atoms with Crippen molar-refractivity contribution in [1.82, 2.24) is 5.32 Å². The van der Waals surface area contributed by atoms with Gasteiger partial charge in [0.15, 0.2) is 0 Å². The molecule has 18 heavy (non-hydrogen) atoms. The minimum Gasteiger partial charge on any atom is -0.326 e. The van der Waals surface area contributed by atoms with E-state index >= 15 is 0 Å². The number of nitrogens with one attached hydrogen (secondary N) is 2. The summed E-state index contributed by atoms with van der Waals surface area (Å²) in [6, 6.07) is 7.07. The van der Waals surface area contributed by atoms with Crippen LogP contribution in [0, 0.1) is 17.2 Å². The second-order valence-corrected chi connectivity index (χ2v) is 4.84. The fraction of sp³-hybridized carbons (Fsp3) is 0.385. The van der Waals surface area contributed by atoms with Gasteiger partial charge in [0, 0.05) is 11.7 Å². The molecule has 1 saturated heterocycles. The first-order valence-corrected chi connectivity index (χ1v) is 6.23. The number of carbonyl (C=O) groups excluding carboxylic acids is 1. The van der Waals surface area contributed by atoms with Gasteiger partial charge in [0.1, 0.15) is 6.07 Å². The molecule has 2 atom stereocenters. The lowest BCUT2D eigenvalue weighted by Gasteiger charge is -2.15. The summed E-state index contributed by atoms with van der Waals surface area (Å²) < 4.78 is 0. The van der Waals surface area contributed by atoms with Crippen LogP contribution >= 0.6 is 11.6 Å². The molecule has 1 heterocycles. The van der Waals surface area contributed by atoms with E-state index in [1.165, 1.54) is 0 Å². The van der Waals surface area contributed by atoms with Crippen molar-refractivity contribution >= 4 is 23.2 Å². The van der Waals surface area contributed by atoms with Crippen LogP contribution in [0.15, 0.2) is 18.2 Å². The van der Waals surface area contributed by atoms with Gasteiger partial charge in [-0.3, -0.25) is 4.79 Å². The molecule has 1 amide bonds. The first kappa shape index (κ1) is 12.9. The van der Waals surface area contributed by atoms with Gasteiger partial charge >= 0.3 is 0 Å². The first-order chi connectivity index (χ1) is 8.61. The van der Waals surface area contributed by atoms with Crippen molar-refractivity contribution in [3.05, 3.63) is 28.8 Å². The van der Waals surface area contributed by atoms with Gasteiger partial charge in [-0.15, -0.1) is 0 Å². The van der Waals surface area contributed by atoms with Crippen molar-refractivity contribution < 1.29 is 4.79 Å². The molecule has 94 valence electrons. The maximum atomic E-state index is 12.0. The summed E-state index contributed by atoms with van der Waals surface area (Å²) in [7, 11) is 0. The second kappa shape index (κ2) is 5.38. The summed E-state index contributed by atoms with van der Waals surface area (Å²) >= 11 is 5.92. The highest BCUT2D eigenvalue weighted by Crippen LogP contribution is 2.22. The Balaban J connectivity index is 2.08. The van der Waals surface area contributed by atoms with Crippen LogP contribution in [0.1, 0.15) is 18.9 Å². The molecule has 2 rings (SSSR count). The Labute approximate surface area is 111 Å². The molecule has 1 fully saturated rings. The first-order valence-electron chi connectivity index (χ1n) is 5.85. The average molecular weight is 264 g/mol. The molecule has 1 aliphatic heterocycles. The number of rotatable bonds is 2. The van der Waals surface area contributed by atoms with Gasteiger partial charge in [-0.05, 0) is 38.1 Å². The van der Waals surface area contributed by atoms with Crippen LogP contribution < -0.4 is 10.6 Å². The van der Waals surface area contributed by atoms with Gasteiger partial charge in [-0.1, -0.05) is 11.6 Å². The van der Waals surface area contributed by atoms with Crippen LogP contribution in [-0.4, -0.2) is 18.5 Å². The number of nitrogens with zero attached hydrogens (tertiary/aromatic N) is 1. The third-order valence-electron chi connectivity index (χ3n) is 3.22. The number of hydrogen-bond acceptors (Lipinski definition) is 3. The predicted molar refractivity (Wildman–Crippen MR) is 70.4 cm³/mol. The lowest BCUT2D eigenvalue weighted by atomic mass is 10.0. The molecule has 0 saturated carbocycles. The number of carbonyl (C=O) groups is 1. The zero-order chi connectivity index (χ0) is 13.1. The lowest BCUT2D eigenvalue weighted by Crippen LogP contribution is -2.32. The monoisotopic (exact) mass is 263 g/mol. The van der Waals surface area contributed by atoms with E-state index in [2.05, 4.69) is 10.6 Å². The SMILES string of the molecule is CC1NCCC1C(=O)Nc1ccc(C#N)c(Cl)c1. The Bertz CT molecular complexity index is 509. The zero-order valence-corrected chi connectivity index (χ0v) is 10.8. The summed E-state index contributed by atoms with van der Waals surface area (Å²) in [5.41, 5.74) is 1.04. The van der Waals surface area contributed by atoms with Crippen molar-refractivity contribution in [3.63, 3.8) is 0 Å². The number of benzene rings is 1. The second-order valence-electron chi connectivity index (χ2n) is 4.43. The minimum absolute atomic E-state index is 0.00623. The number of nitriles is 1. The Kier molecular flexibility index (Phi) is 3.85. The maximum Gasteiger partial charge on any atom is 0.229 e. The van der Waals surface area contributed by atoms with Crippen LogP contribution in [0.5, 0.6) is 0 Å². The molecule has 2 N–H and O–H groups in total. The van der Waals surface area contributed by atoms with E-state index in [1.807, 2.05) is 13.0 Å². The van der Waals surface area contributed by atoms with Crippen molar-refractivity contribution in [2.45, 2.75) is 19.4 Å². The van der Waals surface area contributed by atoms with E-state index in [0.717, 1.165) is 13.0 Å². The molecule has 2 unspecified atom stereocenters. The van der Waals surface area contributed by atoms with Crippen molar-refractivity contribution in [2.75, 3.05) is 11.9 Å². The normalized spacial score (nSPS) is 22.5. The zero-order valence-electron chi connectivity index (χ0n) is 10.0. The Morgan fingerprint density at radius 2 is 2.39 bits per heavy atom. The van der Waals surface area contributed by atoms with E-state index in [9.17, 15) is 4.79 Å². The van der Waals surface area contributed by atoms with Gasteiger partial charge < -0.3 is 10.6 Å². The van der Waals surface area contributed by atoms with Gasteiger partial charge in [0.25, 0.3) is 0 Å². The Hall–Kier alpha value is -1.57. The lowest BCUT2D eigenvalue weighted by molar-refractivity contribution is -0.119. The van der Waals surface area contributed by atoms with E-state index < -0.39 is 0 Å². The Morgan fingerprint density at radius 1 is 1.61 bits per heavy atom. The number of anilines is 1. The molecule has 0 spiro atoms. The highest BCUT2D eigenvalue weighted by molar-refractivity contribution is 6.32. The molecule has 0 radical (unpaired) electrons.